The molecule has 0 aliphatic carbocycles. The van der Waals surface area contributed by atoms with Gasteiger partial charge in [0, 0.05) is 0 Å². The number of ether oxygens (including phenoxy) is 4. The highest BCUT2D eigenvalue weighted by Crippen LogP contribution is 2.38. The van der Waals surface area contributed by atoms with Crippen molar-refractivity contribution in [2.45, 2.75) is 20.1 Å². The van der Waals surface area contributed by atoms with E-state index in [0.29, 0.717) is 30.3 Å². The zero-order valence-corrected chi connectivity index (χ0v) is 25.1. The van der Waals surface area contributed by atoms with Crippen molar-refractivity contribution in [1.29, 1.82) is 0 Å². The Kier molecular flexibility index (Phi) is 9.64. The zero-order chi connectivity index (χ0) is 31.9. The van der Waals surface area contributed by atoms with Gasteiger partial charge in [0.15, 0.2) is 23.0 Å². The molecule has 1 aliphatic rings. The maximum absolute atomic E-state index is 13.4. The van der Waals surface area contributed by atoms with E-state index in [1.807, 2.05) is 55.5 Å². The van der Waals surface area contributed by atoms with Crippen molar-refractivity contribution in [1.82, 2.24) is 5.32 Å². The number of methoxy groups -OCH3 is 1. The normalized spacial score (nSPS) is 13.9. The molecule has 0 spiro atoms. The first-order valence-corrected chi connectivity index (χ1v) is 14.2. The van der Waals surface area contributed by atoms with Crippen molar-refractivity contribution in [3.8, 4) is 23.0 Å². The lowest BCUT2D eigenvalue weighted by atomic mass is 10.1. The lowest BCUT2D eigenvalue weighted by Crippen LogP contribution is -2.54. The van der Waals surface area contributed by atoms with Gasteiger partial charge in [0.1, 0.15) is 24.6 Å². The van der Waals surface area contributed by atoms with E-state index < -0.39 is 23.7 Å². The topological polar surface area (TPSA) is 103 Å². The highest BCUT2D eigenvalue weighted by atomic mass is 35.5. The molecule has 4 aromatic carbocycles. The van der Waals surface area contributed by atoms with Crippen molar-refractivity contribution in [3.63, 3.8) is 0 Å². The van der Waals surface area contributed by atoms with Crippen LogP contribution in [0.2, 0.25) is 5.02 Å². The summed E-state index contributed by atoms with van der Waals surface area (Å²) >= 11 is 6.57. The minimum absolute atomic E-state index is 0.0972. The smallest absolute Gasteiger partial charge is 0.335 e. The van der Waals surface area contributed by atoms with Crippen molar-refractivity contribution in [2.75, 3.05) is 18.6 Å². The molecule has 11 heteroatoms. The van der Waals surface area contributed by atoms with Crippen LogP contribution in [0.5, 0.6) is 23.0 Å². The summed E-state index contributed by atoms with van der Waals surface area (Å²) in [5.41, 5.74) is 1.92. The van der Waals surface area contributed by atoms with Gasteiger partial charge in [0.05, 0.1) is 24.4 Å². The molecule has 5 rings (SSSR count). The van der Waals surface area contributed by atoms with Crippen molar-refractivity contribution in [3.05, 3.63) is 118 Å². The maximum atomic E-state index is 13.4. The van der Waals surface area contributed by atoms with Crippen LogP contribution in [0.4, 0.5) is 14.9 Å². The Hall–Kier alpha value is -5.35. The van der Waals surface area contributed by atoms with E-state index in [-0.39, 0.29) is 34.4 Å². The van der Waals surface area contributed by atoms with Gasteiger partial charge < -0.3 is 18.9 Å². The van der Waals surface area contributed by atoms with Gasteiger partial charge >= 0.3 is 6.03 Å². The summed E-state index contributed by atoms with van der Waals surface area (Å²) in [6, 6.07) is 22.1. The Balaban J connectivity index is 1.34. The summed E-state index contributed by atoms with van der Waals surface area (Å²) in [7, 11) is 1.43. The number of carbonyl (C=O) groups is 3. The van der Waals surface area contributed by atoms with Crippen molar-refractivity contribution in [2.24, 2.45) is 0 Å². The second-order valence-corrected chi connectivity index (χ2v) is 10.2. The standard InChI is InChI=1S/C34H28ClFN2O7/c1-3-43-29-17-22(9-14-28(29)44-19-21-7-5-4-6-8-21)20-45-31-27(35)16-23(18-30(31)42-2)15-26-32(39)37-34(41)38(33(26)40)25-12-10-24(36)11-13-25/h4-18H,3,19-20H2,1-2H3,(H,37,39,41)/b26-15+. The zero-order valence-electron chi connectivity index (χ0n) is 24.3. The summed E-state index contributed by atoms with van der Waals surface area (Å²) in [5, 5.41) is 2.28. The number of amides is 4. The van der Waals surface area contributed by atoms with Gasteiger partial charge in [0.2, 0.25) is 0 Å². The molecule has 1 fully saturated rings. The molecule has 0 unspecified atom stereocenters. The Bertz CT molecular complexity index is 1760. The minimum Gasteiger partial charge on any atom is -0.493 e. The molecule has 4 amide bonds. The molecular formula is C34H28ClFN2O7. The monoisotopic (exact) mass is 630 g/mol. The SMILES string of the molecule is CCOc1cc(COc2c(Cl)cc(/C=C3\C(=O)NC(=O)N(c4ccc(F)cc4)C3=O)cc2OC)ccc1OCc1ccccc1. The largest absolute Gasteiger partial charge is 0.493 e. The molecule has 0 radical (unpaired) electrons. The third-order valence-corrected chi connectivity index (χ3v) is 6.96. The lowest BCUT2D eigenvalue weighted by Gasteiger charge is -2.26. The second-order valence-electron chi connectivity index (χ2n) is 9.75. The number of imide groups is 2. The number of anilines is 1. The minimum atomic E-state index is -0.948. The first kappa shape index (κ1) is 31.1. The number of nitrogens with one attached hydrogen (secondary N) is 1. The van der Waals surface area contributed by atoms with Gasteiger partial charge in [-0.3, -0.25) is 14.9 Å². The fraction of sp³-hybridized carbons (Fsp3) is 0.147. The van der Waals surface area contributed by atoms with E-state index in [1.54, 1.807) is 6.07 Å². The summed E-state index contributed by atoms with van der Waals surface area (Å²) in [6.45, 7) is 2.83. The van der Waals surface area contributed by atoms with E-state index in [9.17, 15) is 18.8 Å². The van der Waals surface area contributed by atoms with Crippen LogP contribution in [0.15, 0.2) is 90.5 Å². The molecule has 45 heavy (non-hydrogen) atoms. The van der Waals surface area contributed by atoms with Crippen LogP contribution in [-0.4, -0.2) is 31.6 Å². The van der Waals surface area contributed by atoms with E-state index in [1.165, 1.54) is 31.4 Å². The predicted molar refractivity (Wildman–Crippen MR) is 166 cm³/mol. The van der Waals surface area contributed by atoms with Gasteiger partial charge in [-0.2, -0.15) is 0 Å². The van der Waals surface area contributed by atoms with Crippen LogP contribution >= 0.6 is 11.6 Å². The van der Waals surface area contributed by atoms with Crippen LogP contribution < -0.4 is 29.2 Å². The number of nitrogens with zero attached hydrogens (tertiary/aromatic N) is 1. The predicted octanol–water partition coefficient (Wildman–Crippen LogP) is 6.71. The lowest BCUT2D eigenvalue weighted by molar-refractivity contribution is -0.122. The van der Waals surface area contributed by atoms with Gasteiger partial charge in [-0.05, 0) is 78.2 Å². The average molecular weight is 631 g/mol. The van der Waals surface area contributed by atoms with E-state index in [0.717, 1.165) is 28.2 Å². The first-order valence-electron chi connectivity index (χ1n) is 13.9. The van der Waals surface area contributed by atoms with Crippen LogP contribution in [0.3, 0.4) is 0 Å². The van der Waals surface area contributed by atoms with Gasteiger partial charge in [-0.1, -0.05) is 48.0 Å². The molecule has 0 bridgehead atoms. The highest BCUT2D eigenvalue weighted by molar-refractivity contribution is 6.39. The van der Waals surface area contributed by atoms with E-state index >= 15 is 0 Å². The number of barbiturate groups is 1. The molecule has 0 aromatic heterocycles. The van der Waals surface area contributed by atoms with Crippen molar-refractivity contribution >= 4 is 41.2 Å². The van der Waals surface area contributed by atoms with E-state index in [4.69, 9.17) is 30.5 Å². The molecule has 0 atom stereocenters. The summed E-state index contributed by atoms with van der Waals surface area (Å²) in [4.78, 5) is 39.0. The molecule has 0 saturated carbocycles. The number of benzene rings is 4. The average Bonchev–Trinajstić information content (AvgIpc) is 3.03. The number of halogens is 2. The fourth-order valence-corrected chi connectivity index (χ4v) is 4.81. The molecule has 1 aliphatic heterocycles. The number of hydrogen-bond donors (Lipinski definition) is 1. The van der Waals surface area contributed by atoms with Crippen LogP contribution in [0.25, 0.3) is 6.08 Å². The summed E-state index contributed by atoms with van der Waals surface area (Å²) in [6.07, 6.45) is 1.28. The third kappa shape index (κ3) is 7.25. The van der Waals surface area contributed by atoms with Crippen LogP contribution in [0.1, 0.15) is 23.6 Å². The molecule has 9 nitrogen and oxygen atoms in total. The highest BCUT2D eigenvalue weighted by Gasteiger charge is 2.37. The summed E-state index contributed by atoms with van der Waals surface area (Å²) in [5.74, 6) is -0.661. The Morgan fingerprint density at radius 2 is 1.56 bits per heavy atom. The Morgan fingerprint density at radius 3 is 2.27 bits per heavy atom. The Labute approximate surface area is 263 Å². The Morgan fingerprint density at radius 1 is 0.822 bits per heavy atom. The fourth-order valence-electron chi connectivity index (χ4n) is 4.53. The van der Waals surface area contributed by atoms with Gasteiger partial charge in [-0.15, -0.1) is 0 Å². The van der Waals surface area contributed by atoms with Crippen LogP contribution in [0, 0.1) is 5.82 Å². The molecule has 1 N–H and O–H groups in total. The molecule has 230 valence electrons. The number of hydrogen-bond acceptors (Lipinski definition) is 7. The number of urea groups is 1. The number of carbonyl (C=O) groups excluding carboxylic acids is 3. The van der Waals surface area contributed by atoms with E-state index in [2.05, 4.69) is 5.32 Å². The second kappa shape index (κ2) is 14.0. The first-order chi connectivity index (χ1) is 21.8. The molecule has 4 aromatic rings. The third-order valence-electron chi connectivity index (χ3n) is 6.68. The van der Waals surface area contributed by atoms with Gasteiger partial charge in [-0.25, -0.2) is 14.1 Å². The van der Waals surface area contributed by atoms with Crippen LogP contribution in [-0.2, 0) is 22.8 Å². The molecule has 1 saturated heterocycles. The summed E-state index contributed by atoms with van der Waals surface area (Å²) < 4.78 is 36.7. The molecular weight excluding hydrogens is 603 g/mol. The molecule has 1 heterocycles. The van der Waals surface area contributed by atoms with Gasteiger partial charge in [0.25, 0.3) is 11.8 Å². The quantitative estimate of drug-likeness (QED) is 0.145. The maximum Gasteiger partial charge on any atom is 0.335 e. The van der Waals surface area contributed by atoms with Crippen molar-refractivity contribution < 1.29 is 37.7 Å². The number of rotatable bonds is 11.